The fraction of sp³-hybridized carbons (Fsp3) is 0.263. The van der Waals surface area contributed by atoms with Crippen molar-refractivity contribution in [2.24, 2.45) is 5.92 Å². The Morgan fingerprint density at radius 3 is 2.88 bits per heavy atom. The van der Waals surface area contributed by atoms with Gasteiger partial charge in [-0.3, -0.25) is 9.20 Å². The molecule has 1 unspecified atom stereocenters. The average Bonchev–Trinajstić information content (AvgIpc) is 3.32. The minimum absolute atomic E-state index is 0.0140. The van der Waals surface area contributed by atoms with E-state index in [0.29, 0.717) is 16.8 Å². The van der Waals surface area contributed by atoms with Crippen LogP contribution in [0, 0.1) is 5.92 Å². The van der Waals surface area contributed by atoms with Gasteiger partial charge in [0.25, 0.3) is 0 Å². The lowest BCUT2D eigenvalue weighted by atomic mass is 10.0. The zero-order valence-corrected chi connectivity index (χ0v) is 15.8. The fourth-order valence-corrected chi connectivity index (χ4v) is 4.00. The van der Waals surface area contributed by atoms with Crippen LogP contribution < -0.4 is 10.1 Å². The van der Waals surface area contributed by atoms with Crippen molar-refractivity contribution >= 4 is 39.9 Å². The van der Waals surface area contributed by atoms with Crippen LogP contribution in [0.5, 0.6) is 5.75 Å². The fourth-order valence-electron chi connectivity index (χ4n) is 3.00. The quantitative estimate of drug-likeness (QED) is 0.640. The van der Waals surface area contributed by atoms with Crippen LogP contribution in [0.4, 0.5) is 0 Å². The van der Waals surface area contributed by atoms with Crippen LogP contribution in [0.25, 0.3) is 11.0 Å². The number of nitrogens with zero attached hydrogens (tertiary/aromatic N) is 2. The van der Waals surface area contributed by atoms with Crippen LogP contribution in [0.2, 0.25) is 5.15 Å². The molecule has 1 aliphatic rings. The number of hydrogen-bond donors (Lipinski definition) is 1. The van der Waals surface area contributed by atoms with Gasteiger partial charge < -0.3 is 10.1 Å². The Balaban J connectivity index is 1.50. The molecule has 134 valence electrons. The Kier molecular flexibility index (Phi) is 4.70. The lowest BCUT2D eigenvalue weighted by molar-refractivity contribution is -0.117. The molecule has 7 heteroatoms. The van der Waals surface area contributed by atoms with Gasteiger partial charge in [-0.2, -0.15) is 0 Å². The Bertz CT molecular complexity index is 957. The molecule has 1 saturated carbocycles. The highest BCUT2D eigenvalue weighted by Gasteiger charge is 2.33. The Labute approximate surface area is 160 Å². The molecule has 1 atom stereocenters. The highest BCUT2D eigenvalue weighted by atomic mass is 35.5. The van der Waals surface area contributed by atoms with Crippen LogP contribution in [0.1, 0.15) is 30.1 Å². The highest BCUT2D eigenvalue weighted by Crippen LogP contribution is 2.41. The molecule has 3 aromatic rings. The molecule has 1 N–H and O–H groups in total. The number of fused-ring (bicyclic) bond motifs is 1. The molecule has 26 heavy (non-hydrogen) atoms. The Hall–Kier alpha value is -2.31. The van der Waals surface area contributed by atoms with E-state index in [2.05, 4.69) is 10.3 Å². The third kappa shape index (κ3) is 3.48. The topological polar surface area (TPSA) is 55.6 Å². The summed E-state index contributed by atoms with van der Waals surface area (Å²) in [6, 6.07) is 7.88. The number of nitrogens with one attached hydrogen (secondary N) is 1. The van der Waals surface area contributed by atoms with Gasteiger partial charge in [-0.1, -0.05) is 23.7 Å². The predicted molar refractivity (Wildman–Crippen MR) is 104 cm³/mol. The van der Waals surface area contributed by atoms with Crippen molar-refractivity contribution in [3.05, 3.63) is 58.3 Å². The third-order valence-electron chi connectivity index (χ3n) is 4.51. The number of methoxy groups -OCH3 is 1. The maximum absolute atomic E-state index is 12.5. The second kappa shape index (κ2) is 7.13. The summed E-state index contributed by atoms with van der Waals surface area (Å²) in [5.74, 6) is 1.16. The van der Waals surface area contributed by atoms with E-state index in [1.807, 2.05) is 40.2 Å². The van der Waals surface area contributed by atoms with Gasteiger partial charge in [-0.25, -0.2) is 4.98 Å². The minimum Gasteiger partial charge on any atom is -0.497 e. The van der Waals surface area contributed by atoms with Crippen molar-refractivity contribution < 1.29 is 9.53 Å². The number of thiazole rings is 1. The molecule has 0 bridgehead atoms. The molecule has 0 aliphatic heterocycles. The summed E-state index contributed by atoms with van der Waals surface area (Å²) in [6.07, 6.45) is 7.38. The van der Waals surface area contributed by atoms with Gasteiger partial charge in [0.2, 0.25) is 5.91 Å². The van der Waals surface area contributed by atoms with Crippen molar-refractivity contribution in [2.45, 2.75) is 18.9 Å². The minimum atomic E-state index is -0.140. The van der Waals surface area contributed by atoms with E-state index in [1.165, 1.54) is 17.4 Å². The molecule has 0 radical (unpaired) electrons. The highest BCUT2D eigenvalue weighted by molar-refractivity contribution is 7.15. The van der Waals surface area contributed by atoms with Gasteiger partial charge in [0.15, 0.2) is 10.1 Å². The first kappa shape index (κ1) is 17.1. The number of carbonyl (C=O) groups is 1. The van der Waals surface area contributed by atoms with E-state index in [9.17, 15) is 4.79 Å². The monoisotopic (exact) mass is 387 g/mol. The largest absolute Gasteiger partial charge is 0.497 e. The summed E-state index contributed by atoms with van der Waals surface area (Å²) >= 11 is 7.67. The number of carbonyl (C=O) groups excluding carboxylic acids is 1. The lowest BCUT2D eigenvalue weighted by Gasteiger charge is -2.18. The van der Waals surface area contributed by atoms with Crippen molar-refractivity contribution in [2.75, 3.05) is 7.11 Å². The summed E-state index contributed by atoms with van der Waals surface area (Å²) in [6.45, 7) is 0. The van der Waals surface area contributed by atoms with E-state index in [0.717, 1.165) is 29.1 Å². The number of halogens is 1. The van der Waals surface area contributed by atoms with Gasteiger partial charge in [-0.05, 0) is 42.5 Å². The first-order valence-electron chi connectivity index (χ1n) is 8.39. The van der Waals surface area contributed by atoms with Gasteiger partial charge in [0, 0.05) is 17.7 Å². The van der Waals surface area contributed by atoms with Gasteiger partial charge >= 0.3 is 0 Å². The van der Waals surface area contributed by atoms with Crippen molar-refractivity contribution in [3.8, 4) is 5.75 Å². The summed E-state index contributed by atoms with van der Waals surface area (Å²) in [4.78, 5) is 17.5. The summed E-state index contributed by atoms with van der Waals surface area (Å²) in [7, 11) is 1.64. The lowest BCUT2D eigenvalue weighted by Crippen LogP contribution is -2.28. The van der Waals surface area contributed by atoms with Crippen molar-refractivity contribution in [1.29, 1.82) is 0 Å². The molecule has 5 nitrogen and oxygen atoms in total. The van der Waals surface area contributed by atoms with Gasteiger partial charge in [0.05, 0.1) is 18.8 Å². The van der Waals surface area contributed by atoms with Gasteiger partial charge in [0.1, 0.15) is 5.75 Å². The molecule has 0 saturated heterocycles. The maximum atomic E-state index is 12.5. The first-order chi connectivity index (χ1) is 12.7. The second-order valence-electron chi connectivity index (χ2n) is 6.27. The molecule has 1 fully saturated rings. The number of benzene rings is 1. The molecule has 1 amide bonds. The van der Waals surface area contributed by atoms with E-state index in [4.69, 9.17) is 16.3 Å². The molecule has 2 aromatic heterocycles. The summed E-state index contributed by atoms with van der Waals surface area (Å²) in [5, 5.41) is 5.45. The molecule has 1 aliphatic carbocycles. The molecular weight excluding hydrogens is 370 g/mol. The zero-order chi connectivity index (χ0) is 18.1. The number of hydrogen-bond acceptors (Lipinski definition) is 4. The second-order valence-corrected chi connectivity index (χ2v) is 7.50. The smallest absolute Gasteiger partial charge is 0.244 e. The van der Waals surface area contributed by atoms with Gasteiger partial charge in [-0.15, -0.1) is 11.3 Å². The summed E-state index contributed by atoms with van der Waals surface area (Å²) < 4.78 is 7.08. The standard InChI is InChI=1S/C19H18ClN3O2S/c1-25-14-6-4-13(5-7-14)17(12-2-3-12)21-16(24)9-8-15-18(20)22-19-23(15)10-11-26-19/h4-12,17H,2-3H2,1H3,(H,21,24)/b9-8+. The molecule has 1 aromatic carbocycles. The molecule has 0 spiro atoms. The van der Waals surface area contributed by atoms with Crippen LogP contribution in [-0.4, -0.2) is 22.4 Å². The molecular formula is C19H18ClN3O2S. The normalized spacial score (nSPS) is 15.5. The van der Waals surface area contributed by atoms with Crippen LogP contribution >= 0.6 is 22.9 Å². The van der Waals surface area contributed by atoms with E-state index in [1.54, 1.807) is 13.2 Å². The van der Waals surface area contributed by atoms with E-state index in [-0.39, 0.29) is 11.9 Å². The van der Waals surface area contributed by atoms with Crippen molar-refractivity contribution in [3.63, 3.8) is 0 Å². The van der Waals surface area contributed by atoms with E-state index >= 15 is 0 Å². The molecule has 4 rings (SSSR count). The number of aromatic nitrogens is 2. The van der Waals surface area contributed by atoms with Crippen LogP contribution in [0.15, 0.2) is 41.9 Å². The Morgan fingerprint density at radius 1 is 1.42 bits per heavy atom. The summed E-state index contributed by atoms with van der Waals surface area (Å²) in [5.41, 5.74) is 1.81. The predicted octanol–water partition coefficient (Wildman–Crippen LogP) is 4.34. The number of imidazole rings is 1. The third-order valence-corrected chi connectivity index (χ3v) is 5.55. The number of ether oxygens (including phenoxy) is 1. The van der Waals surface area contributed by atoms with Crippen LogP contribution in [0.3, 0.4) is 0 Å². The SMILES string of the molecule is COc1ccc(C(NC(=O)/C=C/c2c(Cl)nc3sccn23)C2CC2)cc1. The number of amides is 1. The first-order valence-corrected chi connectivity index (χ1v) is 9.65. The maximum Gasteiger partial charge on any atom is 0.244 e. The number of rotatable bonds is 6. The zero-order valence-electron chi connectivity index (χ0n) is 14.2. The average molecular weight is 388 g/mol. The Morgan fingerprint density at radius 2 is 2.19 bits per heavy atom. The van der Waals surface area contributed by atoms with Crippen LogP contribution in [-0.2, 0) is 4.79 Å². The van der Waals surface area contributed by atoms with E-state index < -0.39 is 0 Å². The molecule has 2 heterocycles. The van der Waals surface area contributed by atoms with Crippen molar-refractivity contribution in [1.82, 2.24) is 14.7 Å².